The summed E-state index contributed by atoms with van der Waals surface area (Å²) in [6.45, 7) is 1.80. The lowest BCUT2D eigenvalue weighted by Crippen LogP contribution is -1.88. The predicted molar refractivity (Wildman–Crippen MR) is 42.8 cm³/mol. The van der Waals surface area contributed by atoms with Crippen molar-refractivity contribution in [3.05, 3.63) is 40.1 Å². The van der Waals surface area contributed by atoms with Gasteiger partial charge in [-0.3, -0.25) is 20.1 Å². The highest BCUT2D eigenvalue weighted by Gasteiger charge is 1.91. The van der Waals surface area contributed by atoms with Gasteiger partial charge in [0, 0.05) is 12.3 Å². The van der Waals surface area contributed by atoms with Crippen molar-refractivity contribution in [3.8, 4) is 0 Å². The Morgan fingerprint density at radius 1 is 1.50 bits per heavy atom. The summed E-state index contributed by atoms with van der Waals surface area (Å²) in [7, 11) is 0. The van der Waals surface area contributed by atoms with E-state index in [2.05, 4.69) is 9.97 Å². The second-order valence-electron chi connectivity index (χ2n) is 2.18. The summed E-state index contributed by atoms with van der Waals surface area (Å²) in [4.78, 5) is 17.2. The quantitative estimate of drug-likeness (QED) is 0.484. The van der Waals surface area contributed by atoms with E-state index in [1.54, 1.807) is 13.1 Å². The third kappa shape index (κ3) is 2.45. The maximum Gasteiger partial charge on any atom is 0.236 e. The fraction of sp³-hybridized carbons (Fsp3) is 0.143. The molecule has 5 heteroatoms. The van der Waals surface area contributed by atoms with Gasteiger partial charge in [-0.2, -0.15) is 0 Å². The van der Waals surface area contributed by atoms with E-state index < -0.39 is 4.92 Å². The predicted octanol–water partition coefficient (Wildman–Crippen LogP) is 1.03. The SMILES string of the molecule is Cc1cnc(/C=C/[N+](=O)[O-])cn1. The lowest BCUT2D eigenvalue weighted by atomic mass is 10.4. The third-order valence-electron chi connectivity index (χ3n) is 1.17. The van der Waals surface area contributed by atoms with Gasteiger partial charge in [0.1, 0.15) is 0 Å². The molecular weight excluding hydrogens is 158 g/mol. The zero-order chi connectivity index (χ0) is 8.97. The molecule has 5 nitrogen and oxygen atoms in total. The first-order valence-electron chi connectivity index (χ1n) is 3.29. The maximum atomic E-state index is 9.91. The van der Waals surface area contributed by atoms with Crippen LogP contribution in [0.5, 0.6) is 0 Å². The zero-order valence-electron chi connectivity index (χ0n) is 6.47. The highest BCUT2D eigenvalue weighted by atomic mass is 16.6. The van der Waals surface area contributed by atoms with Gasteiger partial charge in [-0.15, -0.1) is 0 Å². The minimum atomic E-state index is -0.540. The largest absolute Gasteiger partial charge is 0.259 e. The van der Waals surface area contributed by atoms with Crippen LogP contribution in [0.25, 0.3) is 6.08 Å². The van der Waals surface area contributed by atoms with Crippen molar-refractivity contribution in [3.63, 3.8) is 0 Å². The number of rotatable bonds is 2. The van der Waals surface area contributed by atoms with Crippen LogP contribution < -0.4 is 0 Å². The lowest BCUT2D eigenvalue weighted by Gasteiger charge is -1.90. The molecule has 1 rings (SSSR count). The van der Waals surface area contributed by atoms with Gasteiger partial charge in [0.05, 0.1) is 22.5 Å². The molecule has 0 fully saturated rings. The van der Waals surface area contributed by atoms with Crippen LogP contribution in [0.3, 0.4) is 0 Å². The fourth-order valence-corrected chi connectivity index (χ4v) is 0.626. The van der Waals surface area contributed by atoms with Gasteiger partial charge in [-0.1, -0.05) is 0 Å². The fourth-order valence-electron chi connectivity index (χ4n) is 0.626. The molecule has 0 aromatic carbocycles. The number of hydrogen-bond acceptors (Lipinski definition) is 4. The van der Waals surface area contributed by atoms with E-state index in [-0.39, 0.29) is 0 Å². The van der Waals surface area contributed by atoms with Crippen molar-refractivity contribution in [2.24, 2.45) is 0 Å². The summed E-state index contributed by atoms with van der Waals surface area (Å²) in [5, 5.41) is 9.91. The normalized spacial score (nSPS) is 10.4. The zero-order valence-corrected chi connectivity index (χ0v) is 6.47. The van der Waals surface area contributed by atoms with Crippen LogP contribution in [0, 0.1) is 17.0 Å². The highest BCUT2D eigenvalue weighted by molar-refractivity contribution is 5.40. The molecule has 0 aliphatic rings. The van der Waals surface area contributed by atoms with Crippen molar-refractivity contribution in [1.82, 2.24) is 9.97 Å². The van der Waals surface area contributed by atoms with Gasteiger partial charge in [0.25, 0.3) is 0 Å². The molecule has 1 aromatic rings. The molecule has 12 heavy (non-hydrogen) atoms. The molecule has 0 aliphatic carbocycles. The van der Waals surface area contributed by atoms with Crippen LogP contribution in [0.2, 0.25) is 0 Å². The Hall–Kier alpha value is -1.78. The van der Waals surface area contributed by atoms with Crippen LogP contribution in [0.4, 0.5) is 0 Å². The molecular formula is C7H7N3O2. The number of nitrogens with zero attached hydrogens (tertiary/aromatic N) is 3. The number of aromatic nitrogens is 2. The van der Waals surface area contributed by atoms with E-state index in [1.165, 1.54) is 12.3 Å². The first-order valence-corrected chi connectivity index (χ1v) is 3.29. The summed E-state index contributed by atoms with van der Waals surface area (Å²) in [5.74, 6) is 0. The maximum absolute atomic E-state index is 9.91. The standard InChI is InChI=1S/C7H7N3O2/c1-6-4-9-7(5-8-6)2-3-10(11)12/h2-5H,1H3/b3-2+. The second-order valence-corrected chi connectivity index (χ2v) is 2.18. The number of aryl methyl sites for hydroxylation is 1. The molecule has 0 saturated carbocycles. The average Bonchev–Trinajstić information content (AvgIpc) is 2.03. The molecule has 0 spiro atoms. The smallest absolute Gasteiger partial charge is 0.236 e. The molecule has 1 heterocycles. The van der Waals surface area contributed by atoms with Crippen LogP contribution in [-0.2, 0) is 0 Å². The van der Waals surface area contributed by atoms with E-state index in [9.17, 15) is 10.1 Å². The van der Waals surface area contributed by atoms with E-state index in [4.69, 9.17) is 0 Å². The minimum Gasteiger partial charge on any atom is -0.259 e. The molecule has 0 aliphatic heterocycles. The Labute approximate surface area is 68.9 Å². The molecule has 0 N–H and O–H groups in total. The molecule has 0 bridgehead atoms. The Morgan fingerprint density at radius 2 is 2.25 bits per heavy atom. The van der Waals surface area contributed by atoms with Crippen molar-refractivity contribution in [1.29, 1.82) is 0 Å². The second kappa shape index (κ2) is 3.56. The summed E-state index contributed by atoms with van der Waals surface area (Å²) >= 11 is 0. The first kappa shape index (κ1) is 8.32. The molecule has 0 radical (unpaired) electrons. The van der Waals surface area contributed by atoms with Gasteiger partial charge < -0.3 is 0 Å². The summed E-state index contributed by atoms with van der Waals surface area (Å²) in [6.07, 6.45) is 5.17. The van der Waals surface area contributed by atoms with E-state index in [0.717, 1.165) is 11.9 Å². The average molecular weight is 165 g/mol. The Morgan fingerprint density at radius 3 is 2.75 bits per heavy atom. The molecule has 0 amide bonds. The van der Waals surface area contributed by atoms with Crippen molar-refractivity contribution in [2.75, 3.05) is 0 Å². The first-order chi connectivity index (χ1) is 5.68. The topological polar surface area (TPSA) is 68.9 Å². The van der Waals surface area contributed by atoms with Crippen LogP contribution >= 0.6 is 0 Å². The van der Waals surface area contributed by atoms with Gasteiger partial charge in [-0.05, 0) is 6.92 Å². The summed E-state index contributed by atoms with van der Waals surface area (Å²) < 4.78 is 0. The monoisotopic (exact) mass is 165 g/mol. The van der Waals surface area contributed by atoms with Gasteiger partial charge in [-0.25, -0.2) is 0 Å². The van der Waals surface area contributed by atoms with Gasteiger partial charge in [0.2, 0.25) is 6.20 Å². The summed E-state index contributed by atoms with van der Waals surface area (Å²) in [5.41, 5.74) is 1.27. The summed E-state index contributed by atoms with van der Waals surface area (Å²) in [6, 6.07) is 0. The van der Waals surface area contributed by atoms with Crippen molar-refractivity contribution < 1.29 is 4.92 Å². The van der Waals surface area contributed by atoms with Gasteiger partial charge in [0.15, 0.2) is 0 Å². The Bertz CT molecular complexity index is 305. The molecule has 0 saturated heterocycles. The molecule has 1 aromatic heterocycles. The van der Waals surface area contributed by atoms with Crippen molar-refractivity contribution >= 4 is 6.08 Å². The van der Waals surface area contributed by atoms with Crippen molar-refractivity contribution in [2.45, 2.75) is 6.92 Å². The molecule has 0 unspecified atom stereocenters. The highest BCUT2D eigenvalue weighted by Crippen LogP contribution is 1.96. The Balaban J connectivity index is 2.77. The van der Waals surface area contributed by atoms with Crippen LogP contribution in [0.15, 0.2) is 18.6 Å². The van der Waals surface area contributed by atoms with Crippen LogP contribution in [0.1, 0.15) is 11.4 Å². The number of nitro groups is 1. The van der Waals surface area contributed by atoms with E-state index >= 15 is 0 Å². The number of hydrogen-bond donors (Lipinski definition) is 0. The minimum absolute atomic E-state index is 0.484. The lowest BCUT2D eigenvalue weighted by molar-refractivity contribution is -0.401. The molecule has 62 valence electrons. The molecule has 0 atom stereocenters. The van der Waals surface area contributed by atoms with E-state index in [1.807, 2.05) is 0 Å². The van der Waals surface area contributed by atoms with E-state index in [0.29, 0.717) is 5.69 Å². The third-order valence-corrected chi connectivity index (χ3v) is 1.17. The Kier molecular flexibility index (Phi) is 2.47. The van der Waals surface area contributed by atoms with Crippen LogP contribution in [-0.4, -0.2) is 14.9 Å². The van der Waals surface area contributed by atoms with Gasteiger partial charge >= 0.3 is 0 Å².